The van der Waals surface area contributed by atoms with Gasteiger partial charge in [-0.05, 0) is 37.8 Å². The van der Waals surface area contributed by atoms with E-state index < -0.39 is 0 Å². The number of rotatable bonds is 2. The van der Waals surface area contributed by atoms with Crippen LogP contribution in [0.3, 0.4) is 0 Å². The molecule has 1 aliphatic rings. The lowest BCUT2D eigenvalue weighted by molar-refractivity contribution is 0.469. The molecule has 0 bridgehead atoms. The van der Waals surface area contributed by atoms with Gasteiger partial charge in [0.15, 0.2) is 0 Å². The SMILES string of the molecule is CC1=CC=C(Cc2ccccc2O)CC1.CCC. The fourth-order valence-electron chi connectivity index (χ4n) is 1.84. The Bertz CT molecular complexity index is 427. The molecule has 0 aliphatic heterocycles. The van der Waals surface area contributed by atoms with E-state index in [2.05, 4.69) is 32.9 Å². The standard InChI is InChI=1S/C14H16O.C3H8/c1-11-6-8-12(9-7-11)10-13-4-2-3-5-14(13)15;1-3-2/h2-6,8,15H,7,9-10H2,1H3;3H2,1-2H3. The molecule has 1 heteroatoms. The molecular formula is C17H24O. The molecule has 1 N–H and O–H groups in total. The molecule has 2 rings (SSSR count). The number of aromatic hydroxyl groups is 1. The zero-order valence-electron chi connectivity index (χ0n) is 11.7. The number of para-hydroxylation sites is 1. The van der Waals surface area contributed by atoms with E-state index in [0.29, 0.717) is 5.75 Å². The van der Waals surface area contributed by atoms with Crippen molar-refractivity contribution in [1.82, 2.24) is 0 Å². The van der Waals surface area contributed by atoms with Gasteiger partial charge in [-0.3, -0.25) is 0 Å². The van der Waals surface area contributed by atoms with Crippen molar-refractivity contribution in [3.05, 3.63) is 53.1 Å². The van der Waals surface area contributed by atoms with E-state index in [-0.39, 0.29) is 0 Å². The summed E-state index contributed by atoms with van der Waals surface area (Å²) >= 11 is 0. The number of phenols is 1. The first-order chi connectivity index (χ1) is 8.67. The van der Waals surface area contributed by atoms with Crippen LogP contribution in [0.1, 0.15) is 45.6 Å². The van der Waals surface area contributed by atoms with Gasteiger partial charge in [0.05, 0.1) is 0 Å². The fraction of sp³-hybridized carbons (Fsp3) is 0.412. The number of hydrogen-bond donors (Lipinski definition) is 1. The second-order valence-electron chi connectivity index (χ2n) is 4.85. The first-order valence-corrected chi connectivity index (χ1v) is 6.79. The molecule has 0 atom stereocenters. The summed E-state index contributed by atoms with van der Waals surface area (Å²) in [4.78, 5) is 0. The first kappa shape index (κ1) is 14.6. The molecule has 0 amide bonds. The molecule has 18 heavy (non-hydrogen) atoms. The average molecular weight is 244 g/mol. The van der Waals surface area contributed by atoms with Gasteiger partial charge >= 0.3 is 0 Å². The molecule has 0 saturated heterocycles. The summed E-state index contributed by atoms with van der Waals surface area (Å²) < 4.78 is 0. The van der Waals surface area contributed by atoms with Crippen molar-refractivity contribution >= 4 is 0 Å². The second-order valence-corrected chi connectivity index (χ2v) is 4.85. The van der Waals surface area contributed by atoms with Gasteiger partial charge in [-0.25, -0.2) is 0 Å². The third-order valence-corrected chi connectivity index (χ3v) is 2.85. The molecule has 0 radical (unpaired) electrons. The summed E-state index contributed by atoms with van der Waals surface area (Å²) in [5, 5.41) is 9.65. The van der Waals surface area contributed by atoms with Gasteiger partial charge in [0.2, 0.25) is 0 Å². The minimum absolute atomic E-state index is 0.407. The average Bonchev–Trinajstić information content (AvgIpc) is 2.36. The van der Waals surface area contributed by atoms with Crippen LogP contribution >= 0.6 is 0 Å². The van der Waals surface area contributed by atoms with Gasteiger partial charge < -0.3 is 5.11 Å². The maximum absolute atomic E-state index is 9.65. The molecule has 1 nitrogen and oxygen atoms in total. The van der Waals surface area contributed by atoms with E-state index in [1.54, 1.807) is 6.07 Å². The van der Waals surface area contributed by atoms with E-state index in [1.807, 2.05) is 18.2 Å². The lowest BCUT2D eigenvalue weighted by atomic mass is 9.94. The predicted octanol–water partition coefficient (Wildman–Crippen LogP) is 5.02. The number of hydrogen-bond acceptors (Lipinski definition) is 1. The summed E-state index contributed by atoms with van der Waals surface area (Å²) in [5.41, 5.74) is 3.87. The Morgan fingerprint density at radius 1 is 1.06 bits per heavy atom. The highest BCUT2D eigenvalue weighted by Crippen LogP contribution is 2.25. The van der Waals surface area contributed by atoms with Gasteiger partial charge in [-0.2, -0.15) is 0 Å². The molecule has 0 aromatic heterocycles. The van der Waals surface area contributed by atoms with Crippen molar-refractivity contribution in [2.45, 2.75) is 46.5 Å². The minimum Gasteiger partial charge on any atom is -0.508 e. The summed E-state index contributed by atoms with van der Waals surface area (Å²) in [6, 6.07) is 7.57. The molecule has 1 aliphatic carbocycles. The Morgan fingerprint density at radius 3 is 2.28 bits per heavy atom. The number of benzene rings is 1. The lowest BCUT2D eigenvalue weighted by Crippen LogP contribution is -1.95. The zero-order valence-corrected chi connectivity index (χ0v) is 11.7. The quantitative estimate of drug-likeness (QED) is 0.774. The van der Waals surface area contributed by atoms with Crippen molar-refractivity contribution in [2.24, 2.45) is 0 Å². The summed E-state index contributed by atoms with van der Waals surface area (Å²) in [6.07, 6.45) is 8.76. The van der Waals surface area contributed by atoms with Crippen LogP contribution in [0.25, 0.3) is 0 Å². The third kappa shape index (κ3) is 4.79. The molecule has 0 spiro atoms. The maximum Gasteiger partial charge on any atom is 0.119 e. The highest BCUT2D eigenvalue weighted by Gasteiger charge is 2.06. The molecule has 0 fully saturated rings. The topological polar surface area (TPSA) is 20.2 Å². The summed E-state index contributed by atoms with van der Waals surface area (Å²) in [5.74, 6) is 0.407. The Kier molecular flexibility index (Phi) is 6.27. The van der Waals surface area contributed by atoms with E-state index in [4.69, 9.17) is 0 Å². The minimum atomic E-state index is 0.407. The fourth-order valence-corrected chi connectivity index (χ4v) is 1.84. The van der Waals surface area contributed by atoms with E-state index >= 15 is 0 Å². The van der Waals surface area contributed by atoms with Gasteiger partial charge in [0.1, 0.15) is 5.75 Å². The summed E-state index contributed by atoms with van der Waals surface area (Å²) in [7, 11) is 0. The largest absolute Gasteiger partial charge is 0.508 e. The van der Waals surface area contributed by atoms with Gasteiger partial charge in [0.25, 0.3) is 0 Å². The highest BCUT2D eigenvalue weighted by atomic mass is 16.3. The first-order valence-electron chi connectivity index (χ1n) is 6.79. The van der Waals surface area contributed by atoms with Crippen molar-refractivity contribution in [3.8, 4) is 5.75 Å². The molecule has 1 aromatic carbocycles. The van der Waals surface area contributed by atoms with Crippen LogP contribution in [0.15, 0.2) is 47.6 Å². The molecule has 0 unspecified atom stereocenters. The molecular weight excluding hydrogens is 220 g/mol. The van der Waals surface area contributed by atoms with Crippen LogP contribution in [0.5, 0.6) is 5.75 Å². The Labute approximate surface area is 111 Å². The maximum atomic E-state index is 9.65. The van der Waals surface area contributed by atoms with Crippen LogP contribution in [-0.2, 0) is 6.42 Å². The van der Waals surface area contributed by atoms with Crippen molar-refractivity contribution in [2.75, 3.05) is 0 Å². The smallest absolute Gasteiger partial charge is 0.119 e. The predicted molar refractivity (Wildman–Crippen MR) is 78.8 cm³/mol. The number of allylic oxidation sites excluding steroid dienone is 4. The van der Waals surface area contributed by atoms with Crippen molar-refractivity contribution in [1.29, 1.82) is 0 Å². The van der Waals surface area contributed by atoms with Crippen LogP contribution < -0.4 is 0 Å². The Balaban J connectivity index is 0.000000492. The summed E-state index contributed by atoms with van der Waals surface area (Å²) in [6.45, 7) is 6.41. The normalized spacial score (nSPS) is 14.2. The van der Waals surface area contributed by atoms with Crippen LogP contribution in [-0.4, -0.2) is 5.11 Å². The molecule has 0 heterocycles. The highest BCUT2D eigenvalue weighted by molar-refractivity contribution is 5.36. The monoisotopic (exact) mass is 244 g/mol. The van der Waals surface area contributed by atoms with Gasteiger partial charge in [-0.15, -0.1) is 0 Å². The van der Waals surface area contributed by atoms with Crippen molar-refractivity contribution in [3.63, 3.8) is 0 Å². The van der Waals surface area contributed by atoms with Crippen LogP contribution in [0.2, 0.25) is 0 Å². The van der Waals surface area contributed by atoms with E-state index in [1.165, 1.54) is 17.6 Å². The number of phenolic OH excluding ortho intramolecular Hbond substituents is 1. The van der Waals surface area contributed by atoms with Crippen LogP contribution in [0.4, 0.5) is 0 Å². The molecule has 98 valence electrons. The molecule has 1 aromatic rings. The third-order valence-electron chi connectivity index (χ3n) is 2.85. The lowest BCUT2D eigenvalue weighted by Gasteiger charge is -2.12. The van der Waals surface area contributed by atoms with Crippen LogP contribution in [0, 0.1) is 0 Å². The van der Waals surface area contributed by atoms with Gasteiger partial charge in [0, 0.05) is 0 Å². The zero-order chi connectivity index (χ0) is 13.4. The van der Waals surface area contributed by atoms with Gasteiger partial charge in [-0.1, -0.05) is 61.8 Å². The van der Waals surface area contributed by atoms with Crippen molar-refractivity contribution < 1.29 is 5.11 Å². The Morgan fingerprint density at radius 2 is 1.72 bits per heavy atom. The Hall–Kier alpha value is -1.50. The van der Waals surface area contributed by atoms with E-state index in [9.17, 15) is 5.11 Å². The second kappa shape index (κ2) is 7.75. The molecule has 0 saturated carbocycles. The van der Waals surface area contributed by atoms with E-state index in [0.717, 1.165) is 24.8 Å².